The van der Waals surface area contributed by atoms with E-state index in [1.54, 1.807) is 36.6 Å². The molecule has 0 bridgehead atoms. The Morgan fingerprint density at radius 3 is 2.72 bits per heavy atom. The van der Waals surface area contributed by atoms with E-state index < -0.39 is 18.0 Å². The molecule has 1 N–H and O–H groups in total. The van der Waals surface area contributed by atoms with Gasteiger partial charge in [-0.2, -0.15) is 0 Å². The lowest BCUT2D eigenvalue weighted by Crippen LogP contribution is -2.32. The lowest BCUT2D eigenvalue weighted by atomic mass is 10.2. The number of aromatic nitrogens is 2. The molecule has 1 unspecified atom stereocenters. The Balaban J connectivity index is 1.69. The van der Waals surface area contributed by atoms with Gasteiger partial charge >= 0.3 is 5.97 Å². The lowest BCUT2D eigenvalue weighted by molar-refractivity contribution is -0.124. The minimum absolute atomic E-state index is 0.0113. The topological polar surface area (TPSA) is 81.2 Å². The summed E-state index contributed by atoms with van der Waals surface area (Å²) < 4.78 is 5.29. The van der Waals surface area contributed by atoms with E-state index >= 15 is 0 Å². The third kappa shape index (κ3) is 5.25. The quantitative estimate of drug-likeness (QED) is 0.367. The van der Waals surface area contributed by atoms with E-state index in [0.717, 1.165) is 0 Å². The first-order chi connectivity index (χ1) is 13.9. The Morgan fingerprint density at radius 1 is 1.24 bits per heavy atom. The maximum atomic E-state index is 12.5. The zero-order valence-electron chi connectivity index (χ0n) is 15.0. The van der Waals surface area contributed by atoms with Crippen molar-refractivity contribution in [2.45, 2.75) is 19.4 Å². The van der Waals surface area contributed by atoms with Gasteiger partial charge in [0.15, 0.2) is 11.2 Å². The fourth-order valence-electron chi connectivity index (χ4n) is 2.39. The van der Waals surface area contributed by atoms with Gasteiger partial charge in [0, 0.05) is 22.2 Å². The van der Waals surface area contributed by atoms with Crippen LogP contribution in [0.1, 0.15) is 23.7 Å². The standard InChI is InChI=1S/C19H14Cl3N3O3S/c1-2-15(28-18(27)12-4-3-7-23-16(12)22)17(26)25-19-24-14(9-29-19)11-6-5-10(20)8-13(11)21/h3-9,15H,2H2,1H3,(H,24,25,26). The minimum atomic E-state index is -1.01. The molecule has 6 nitrogen and oxygen atoms in total. The molecule has 3 rings (SSSR count). The van der Waals surface area contributed by atoms with Crippen LogP contribution in [0.4, 0.5) is 5.13 Å². The highest BCUT2D eigenvalue weighted by Crippen LogP contribution is 2.32. The normalized spacial score (nSPS) is 11.7. The Labute approximate surface area is 185 Å². The molecule has 29 heavy (non-hydrogen) atoms. The summed E-state index contributed by atoms with van der Waals surface area (Å²) in [5.41, 5.74) is 1.38. The highest BCUT2D eigenvalue weighted by Gasteiger charge is 2.24. The summed E-state index contributed by atoms with van der Waals surface area (Å²) in [7, 11) is 0. The van der Waals surface area contributed by atoms with Gasteiger partial charge in [-0.05, 0) is 36.8 Å². The number of pyridine rings is 1. The lowest BCUT2D eigenvalue weighted by Gasteiger charge is -2.15. The predicted molar refractivity (Wildman–Crippen MR) is 115 cm³/mol. The van der Waals surface area contributed by atoms with E-state index in [1.807, 2.05) is 0 Å². The fourth-order valence-corrected chi connectivity index (χ4v) is 3.81. The van der Waals surface area contributed by atoms with E-state index in [1.165, 1.54) is 23.6 Å². The third-order valence-electron chi connectivity index (χ3n) is 3.83. The van der Waals surface area contributed by atoms with Crippen LogP contribution in [0.5, 0.6) is 0 Å². The largest absolute Gasteiger partial charge is 0.449 e. The monoisotopic (exact) mass is 469 g/mol. The van der Waals surface area contributed by atoms with Crippen LogP contribution in [0.2, 0.25) is 15.2 Å². The highest BCUT2D eigenvalue weighted by atomic mass is 35.5. The van der Waals surface area contributed by atoms with Crippen molar-refractivity contribution in [1.82, 2.24) is 9.97 Å². The molecule has 150 valence electrons. The Kier molecular flexibility index (Phi) is 7.08. The Hall–Kier alpha value is -2.19. The van der Waals surface area contributed by atoms with Crippen LogP contribution in [-0.4, -0.2) is 27.9 Å². The summed E-state index contributed by atoms with van der Waals surface area (Å²) in [5.74, 6) is -1.22. The molecule has 1 atom stereocenters. The van der Waals surface area contributed by atoms with Gasteiger partial charge in [-0.1, -0.05) is 41.7 Å². The molecular formula is C19H14Cl3N3O3S. The number of rotatable bonds is 6. The van der Waals surface area contributed by atoms with Crippen molar-refractivity contribution in [1.29, 1.82) is 0 Å². The number of benzene rings is 1. The van der Waals surface area contributed by atoms with Crippen molar-refractivity contribution in [3.8, 4) is 11.3 Å². The number of anilines is 1. The molecule has 2 aromatic heterocycles. The number of hydrogen-bond acceptors (Lipinski definition) is 6. The van der Waals surface area contributed by atoms with Crippen molar-refractivity contribution in [3.05, 3.63) is 62.7 Å². The Bertz CT molecular complexity index is 1060. The number of halogens is 3. The molecule has 3 aromatic rings. The van der Waals surface area contributed by atoms with Gasteiger partial charge in [0.2, 0.25) is 0 Å². The summed E-state index contributed by atoms with van der Waals surface area (Å²) in [6, 6.07) is 8.11. The minimum Gasteiger partial charge on any atom is -0.449 e. The van der Waals surface area contributed by atoms with Gasteiger partial charge in [0.05, 0.1) is 16.3 Å². The molecule has 0 fully saturated rings. The van der Waals surface area contributed by atoms with Crippen molar-refractivity contribution in [2.24, 2.45) is 0 Å². The Morgan fingerprint density at radius 2 is 2.03 bits per heavy atom. The average molecular weight is 471 g/mol. The van der Waals surface area contributed by atoms with Crippen molar-refractivity contribution < 1.29 is 14.3 Å². The molecule has 2 heterocycles. The first-order valence-corrected chi connectivity index (χ1v) is 10.4. The maximum absolute atomic E-state index is 12.5. The maximum Gasteiger partial charge on any atom is 0.342 e. The van der Waals surface area contributed by atoms with Gasteiger partial charge in [-0.25, -0.2) is 14.8 Å². The van der Waals surface area contributed by atoms with E-state index in [9.17, 15) is 9.59 Å². The zero-order valence-corrected chi connectivity index (χ0v) is 18.1. The van der Waals surface area contributed by atoms with Gasteiger partial charge in [0.1, 0.15) is 5.15 Å². The van der Waals surface area contributed by atoms with Crippen LogP contribution in [0.15, 0.2) is 41.9 Å². The highest BCUT2D eigenvalue weighted by molar-refractivity contribution is 7.14. The molecule has 0 aliphatic heterocycles. The summed E-state index contributed by atoms with van der Waals surface area (Å²) in [6.45, 7) is 1.73. The fraction of sp³-hybridized carbons (Fsp3) is 0.158. The number of amides is 1. The van der Waals surface area contributed by atoms with Crippen molar-refractivity contribution in [2.75, 3.05) is 5.32 Å². The molecule has 0 radical (unpaired) electrons. The van der Waals surface area contributed by atoms with E-state index in [4.69, 9.17) is 39.5 Å². The molecule has 1 amide bonds. The first-order valence-electron chi connectivity index (χ1n) is 8.42. The number of thiazole rings is 1. The summed E-state index contributed by atoms with van der Waals surface area (Å²) >= 11 is 19.2. The smallest absolute Gasteiger partial charge is 0.342 e. The van der Waals surface area contributed by atoms with Crippen molar-refractivity contribution in [3.63, 3.8) is 0 Å². The van der Waals surface area contributed by atoms with Crippen LogP contribution >= 0.6 is 46.1 Å². The van der Waals surface area contributed by atoms with Crippen LogP contribution in [-0.2, 0) is 9.53 Å². The van der Waals surface area contributed by atoms with Crippen LogP contribution in [0, 0.1) is 0 Å². The number of nitrogens with one attached hydrogen (secondary N) is 1. The second-order valence-corrected chi connectivity index (χ2v) is 7.86. The molecule has 0 saturated heterocycles. The number of hydrogen-bond donors (Lipinski definition) is 1. The second kappa shape index (κ2) is 9.54. The first kappa shape index (κ1) is 21.5. The number of carbonyl (C=O) groups is 2. The van der Waals surface area contributed by atoms with Gasteiger partial charge in [-0.15, -0.1) is 11.3 Å². The van der Waals surface area contributed by atoms with Gasteiger partial charge < -0.3 is 4.74 Å². The number of nitrogens with zero attached hydrogens (tertiary/aromatic N) is 2. The van der Waals surface area contributed by atoms with Gasteiger partial charge in [-0.3, -0.25) is 10.1 Å². The summed E-state index contributed by atoms with van der Waals surface area (Å²) in [4.78, 5) is 33.0. The summed E-state index contributed by atoms with van der Waals surface area (Å²) in [6.07, 6.45) is 0.720. The molecule has 0 saturated carbocycles. The van der Waals surface area contributed by atoms with Crippen LogP contribution in [0.3, 0.4) is 0 Å². The van der Waals surface area contributed by atoms with Gasteiger partial charge in [0.25, 0.3) is 5.91 Å². The van der Waals surface area contributed by atoms with E-state index in [-0.39, 0.29) is 17.1 Å². The third-order valence-corrected chi connectivity index (χ3v) is 5.44. The molecule has 10 heteroatoms. The molecule has 0 aliphatic rings. The molecule has 1 aromatic carbocycles. The number of carbonyl (C=O) groups excluding carboxylic acids is 2. The SMILES string of the molecule is CCC(OC(=O)c1cccnc1Cl)C(=O)Nc1nc(-c2ccc(Cl)cc2Cl)cs1. The zero-order chi connectivity index (χ0) is 21.0. The molecule has 0 aliphatic carbocycles. The predicted octanol–water partition coefficient (Wildman–Crippen LogP) is 5.74. The second-order valence-electron chi connectivity index (χ2n) is 5.80. The molecule has 0 spiro atoms. The number of esters is 1. The van der Waals surface area contributed by atoms with Crippen molar-refractivity contribution >= 4 is 63.1 Å². The van der Waals surface area contributed by atoms with Crippen LogP contribution in [0.25, 0.3) is 11.3 Å². The van der Waals surface area contributed by atoms with E-state index in [0.29, 0.717) is 26.4 Å². The average Bonchev–Trinajstić information content (AvgIpc) is 3.14. The number of ether oxygens (including phenoxy) is 1. The summed E-state index contributed by atoms with van der Waals surface area (Å²) in [5, 5.41) is 5.75. The molecular weight excluding hydrogens is 457 g/mol. The van der Waals surface area contributed by atoms with E-state index in [2.05, 4.69) is 15.3 Å². The van der Waals surface area contributed by atoms with Crippen LogP contribution < -0.4 is 5.32 Å².